The smallest absolute Gasteiger partial charge is 0.417 e. The van der Waals surface area contributed by atoms with Crippen LogP contribution in [0.5, 0.6) is 5.75 Å². The third kappa shape index (κ3) is 2.21. The minimum atomic E-state index is -4.40. The van der Waals surface area contributed by atoms with E-state index in [1.54, 1.807) is 0 Å². The van der Waals surface area contributed by atoms with Gasteiger partial charge in [-0.2, -0.15) is 24.5 Å². The molecule has 0 fully saturated rings. The highest BCUT2D eigenvalue weighted by molar-refractivity contribution is 7.08. The van der Waals surface area contributed by atoms with E-state index in [9.17, 15) is 18.3 Å². The zero-order valence-corrected chi connectivity index (χ0v) is 9.27. The van der Waals surface area contributed by atoms with Crippen LogP contribution in [0.25, 0.3) is 11.1 Å². The summed E-state index contributed by atoms with van der Waals surface area (Å²) in [5.74, 6) is -0.221. The monoisotopic (exact) mass is 259 g/mol. The largest absolute Gasteiger partial charge is 0.506 e. The Hall–Kier alpha value is -1.69. The first-order valence-corrected chi connectivity index (χ1v) is 5.56. The predicted molar refractivity (Wildman–Crippen MR) is 60.8 cm³/mol. The Morgan fingerprint density at radius 3 is 2.47 bits per heavy atom. The van der Waals surface area contributed by atoms with Crippen molar-refractivity contribution in [3.05, 3.63) is 34.5 Å². The highest BCUT2D eigenvalue weighted by Gasteiger charge is 2.34. The molecule has 1 heterocycles. The third-order valence-corrected chi connectivity index (χ3v) is 3.05. The first kappa shape index (κ1) is 11.8. The van der Waals surface area contributed by atoms with Gasteiger partial charge in [0.05, 0.1) is 11.3 Å². The Labute approximate surface area is 99.1 Å². The van der Waals surface area contributed by atoms with Gasteiger partial charge in [-0.25, -0.2) is 0 Å². The molecule has 1 aromatic carbocycles. The van der Waals surface area contributed by atoms with Gasteiger partial charge >= 0.3 is 6.18 Å². The van der Waals surface area contributed by atoms with Crippen molar-refractivity contribution in [2.24, 2.45) is 0 Å². The molecule has 0 atom stereocenters. The van der Waals surface area contributed by atoms with Crippen LogP contribution >= 0.6 is 11.3 Å². The number of thiophene rings is 1. The molecule has 1 aromatic heterocycles. The topological polar surface area (TPSA) is 46.2 Å². The van der Waals surface area contributed by atoms with Gasteiger partial charge in [0, 0.05) is 10.9 Å². The van der Waals surface area contributed by atoms with Gasteiger partial charge in [-0.05, 0) is 23.1 Å². The van der Waals surface area contributed by atoms with Crippen molar-refractivity contribution < 1.29 is 18.3 Å². The number of alkyl halides is 3. The molecule has 2 aromatic rings. The molecule has 0 aliphatic heterocycles. The van der Waals surface area contributed by atoms with E-state index in [-0.39, 0.29) is 17.0 Å². The number of halogens is 3. The summed E-state index contributed by atoms with van der Waals surface area (Å²) in [6.45, 7) is 0. The lowest BCUT2D eigenvalue weighted by Crippen LogP contribution is -2.04. The summed E-state index contributed by atoms with van der Waals surface area (Å²) in [5, 5.41) is 11.8. The van der Waals surface area contributed by atoms with Crippen molar-refractivity contribution in [3.63, 3.8) is 0 Å². The van der Waals surface area contributed by atoms with Gasteiger partial charge in [-0.3, -0.25) is 0 Å². The molecule has 2 nitrogen and oxygen atoms in total. The molecule has 3 N–H and O–H groups in total. The van der Waals surface area contributed by atoms with Crippen molar-refractivity contribution >= 4 is 17.0 Å². The first-order chi connectivity index (χ1) is 7.89. The van der Waals surface area contributed by atoms with E-state index >= 15 is 0 Å². The third-order valence-electron chi connectivity index (χ3n) is 2.31. The second-order valence-corrected chi connectivity index (χ2v) is 4.21. The lowest BCUT2D eigenvalue weighted by molar-refractivity contribution is -0.136. The van der Waals surface area contributed by atoms with E-state index in [1.807, 2.05) is 0 Å². The van der Waals surface area contributed by atoms with E-state index in [0.29, 0.717) is 5.56 Å². The number of benzene rings is 1. The van der Waals surface area contributed by atoms with Crippen LogP contribution in [0.2, 0.25) is 0 Å². The number of nitrogen functional groups attached to an aromatic ring is 1. The van der Waals surface area contributed by atoms with Gasteiger partial charge in [-0.15, -0.1) is 0 Å². The van der Waals surface area contributed by atoms with Crippen LogP contribution in [0.1, 0.15) is 5.56 Å². The predicted octanol–water partition coefficient (Wildman–Crippen LogP) is 3.72. The van der Waals surface area contributed by atoms with Gasteiger partial charge < -0.3 is 10.8 Å². The molecule has 0 aliphatic rings. The van der Waals surface area contributed by atoms with Crippen LogP contribution in [-0.4, -0.2) is 5.11 Å². The van der Waals surface area contributed by atoms with Crippen molar-refractivity contribution in [2.75, 3.05) is 5.73 Å². The molecular formula is C11H8F3NOS. The zero-order chi connectivity index (χ0) is 12.6. The minimum absolute atomic E-state index is 0.0535. The van der Waals surface area contributed by atoms with E-state index < -0.39 is 11.7 Å². The summed E-state index contributed by atoms with van der Waals surface area (Å²) in [4.78, 5) is 0. The van der Waals surface area contributed by atoms with Crippen LogP contribution in [0.15, 0.2) is 29.0 Å². The number of hydrogen-bond acceptors (Lipinski definition) is 3. The second kappa shape index (κ2) is 3.96. The molecule has 0 aliphatic carbocycles. The van der Waals surface area contributed by atoms with Crippen LogP contribution in [-0.2, 0) is 6.18 Å². The Balaban J connectivity index is 2.54. The molecule has 0 saturated carbocycles. The van der Waals surface area contributed by atoms with Gasteiger partial charge in [0.1, 0.15) is 5.75 Å². The van der Waals surface area contributed by atoms with Gasteiger partial charge in [-0.1, -0.05) is 6.07 Å². The normalized spacial score (nSPS) is 11.7. The second-order valence-electron chi connectivity index (χ2n) is 3.47. The molecule has 90 valence electrons. The van der Waals surface area contributed by atoms with Crippen LogP contribution < -0.4 is 5.73 Å². The Morgan fingerprint density at radius 1 is 1.18 bits per heavy atom. The number of phenolic OH excluding ortho intramolecular Hbond substituents is 1. The maximum absolute atomic E-state index is 12.7. The summed E-state index contributed by atoms with van der Waals surface area (Å²) < 4.78 is 38.0. The minimum Gasteiger partial charge on any atom is -0.506 e. The van der Waals surface area contributed by atoms with Crippen molar-refractivity contribution in [1.82, 2.24) is 0 Å². The van der Waals surface area contributed by atoms with Crippen LogP contribution in [0.4, 0.5) is 18.9 Å². The van der Waals surface area contributed by atoms with Crippen LogP contribution in [0, 0.1) is 0 Å². The number of anilines is 1. The quantitative estimate of drug-likeness (QED) is 0.605. The number of aromatic hydroxyl groups is 1. The number of rotatable bonds is 1. The molecule has 2 rings (SSSR count). The SMILES string of the molecule is Nc1ccc(-c2cscc2C(F)(F)F)cc1O. The molecular weight excluding hydrogens is 251 g/mol. The summed E-state index contributed by atoms with van der Waals surface area (Å²) in [6.07, 6.45) is -4.40. The zero-order valence-electron chi connectivity index (χ0n) is 8.45. The van der Waals surface area contributed by atoms with Crippen molar-refractivity contribution in [2.45, 2.75) is 6.18 Å². The van der Waals surface area contributed by atoms with Gasteiger partial charge in [0.2, 0.25) is 0 Å². The van der Waals surface area contributed by atoms with E-state index in [0.717, 1.165) is 16.7 Å². The fourth-order valence-corrected chi connectivity index (χ4v) is 2.32. The molecule has 0 saturated heterocycles. The summed E-state index contributed by atoms with van der Waals surface area (Å²) in [7, 11) is 0. The van der Waals surface area contributed by atoms with E-state index in [2.05, 4.69) is 0 Å². The molecule has 17 heavy (non-hydrogen) atoms. The fourth-order valence-electron chi connectivity index (χ4n) is 1.45. The molecule has 0 radical (unpaired) electrons. The maximum atomic E-state index is 12.7. The Morgan fingerprint density at radius 2 is 1.88 bits per heavy atom. The van der Waals surface area contributed by atoms with Gasteiger partial charge in [0.15, 0.2) is 0 Å². The molecule has 6 heteroatoms. The average Bonchev–Trinajstić information content (AvgIpc) is 2.70. The summed E-state index contributed by atoms with van der Waals surface area (Å²) in [5.41, 5.74) is 5.18. The fraction of sp³-hybridized carbons (Fsp3) is 0.0909. The maximum Gasteiger partial charge on any atom is 0.417 e. The number of nitrogens with two attached hydrogens (primary N) is 1. The lowest BCUT2D eigenvalue weighted by atomic mass is 10.0. The van der Waals surface area contributed by atoms with Crippen molar-refractivity contribution in [3.8, 4) is 16.9 Å². The number of phenols is 1. The number of hydrogen-bond donors (Lipinski definition) is 2. The molecule has 0 bridgehead atoms. The Bertz CT molecular complexity index is 548. The lowest BCUT2D eigenvalue weighted by Gasteiger charge is -2.09. The van der Waals surface area contributed by atoms with Crippen LogP contribution in [0.3, 0.4) is 0 Å². The highest BCUT2D eigenvalue weighted by atomic mass is 32.1. The van der Waals surface area contributed by atoms with Crippen molar-refractivity contribution in [1.29, 1.82) is 0 Å². The van der Waals surface area contributed by atoms with E-state index in [4.69, 9.17) is 5.73 Å². The molecule has 0 unspecified atom stereocenters. The summed E-state index contributed by atoms with van der Waals surface area (Å²) >= 11 is 0.965. The molecule has 0 spiro atoms. The first-order valence-electron chi connectivity index (χ1n) is 4.62. The standard InChI is InChI=1S/C11H8F3NOS/c12-11(13,14)8-5-17-4-7(8)6-1-2-9(15)10(16)3-6/h1-5,16H,15H2. The highest BCUT2D eigenvalue weighted by Crippen LogP contribution is 2.40. The molecule has 0 amide bonds. The van der Waals surface area contributed by atoms with Gasteiger partial charge in [0.25, 0.3) is 0 Å². The summed E-state index contributed by atoms with van der Waals surface area (Å²) in [6, 6.07) is 4.06. The average molecular weight is 259 g/mol. The van der Waals surface area contributed by atoms with E-state index in [1.165, 1.54) is 23.6 Å². The Kier molecular flexibility index (Phi) is 2.74.